The van der Waals surface area contributed by atoms with E-state index in [9.17, 15) is 33.1 Å². The van der Waals surface area contributed by atoms with Crippen molar-refractivity contribution in [2.45, 2.75) is 88.8 Å². The van der Waals surface area contributed by atoms with Crippen LogP contribution in [0.3, 0.4) is 0 Å². The smallest absolute Gasteiger partial charge is 0.280 e. The van der Waals surface area contributed by atoms with Crippen LogP contribution in [0.5, 0.6) is 5.75 Å². The van der Waals surface area contributed by atoms with E-state index in [4.69, 9.17) is 9.72 Å². The summed E-state index contributed by atoms with van der Waals surface area (Å²) >= 11 is 0. The minimum Gasteiger partial charge on any atom is -0.490 e. The number of piperidine rings is 3. The van der Waals surface area contributed by atoms with Crippen molar-refractivity contribution in [3.63, 3.8) is 0 Å². The standard InChI is InChI=1S/C42H47F2N9O6/c1-24(2)59-33-20-35-46-31(23-53(35)22-29(33)41(57)47-34-6-4-5-30(45-34)39(43)44)25-11-15-52(16-12-25)37(55)21-42(58)13-17-51(18-14-42)26-7-8-27-32(19-26)50(3)49-38(27)28-9-10-36(54)48-40(28)56/h4-8,19-20,22-25,28,39,58H,9-18,21H2,1-3H3,(H,45,47,57)(H,48,54,56). The number of hydrogen-bond donors (Lipinski definition) is 3. The van der Waals surface area contributed by atoms with Gasteiger partial charge in [0.15, 0.2) is 0 Å². The molecule has 5 aromatic rings. The van der Waals surface area contributed by atoms with Gasteiger partial charge in [0.05, 0.1) is 46.5 Å². The molecule has 0 bridgehead atoms. The molecule has 310 valence electrons. The maximum Gasteiger partial charge on any atom is 0.280 e. The number of rotatable bonds is 10. The molecule has 17 heteroatoms. The first-order chi connectivity index (χ1) is 28.2. The number of anilines is 2. The number of aryl methyl sites for hydroxylation is 1. The molecule has 4 aromatic heterocycles. The number of hydrogen-bond acceptors (Lipinski definition) is 10. The van der Waals surface area contributed by atoms with Crippen molar-refractivity contribution < 1.29 is 37.8 Å². The van der Waals surface area contributed by atoms with Gasteiger partial charge in [0.25, 0.3) is 12.3 Å². The summed E-state index contributed by atoms with van der Waals surface area (Å²) in [4.78, 5) is 63.9. The Bertz CT molecular complexity index is 2430. The predicted octanol–water partition coefficient (Wildman–Crippen LogP) is 5.24. The molecule has 0 saturated carbocycles. The number of nitrogens with zero attached hydrogens (tertiary/aromatic N) is 7. The maximum absolute atomic E-state index is 13.6. The molecule has 15 nitrogen and oxygen atoms in total. The Balaban J connectivity index is 0.873. The van der Waals surface area contributed by atoms with Crippen LogP contribution >= 0.6 is 0 Å². The van der Waals surface area contributed by atoms with Crippen molar-refractivity contribution in [3.05, 3.63) is 77.5 Å². The van der Waals surface area contributed by atoms with E-state index in [1.807, 2.05) is 50.2 Å². The second-order valence-corrected chi connectivity index (χ2v) is 16.1. The molecule has 7 heterocycles. The molecule has 3 aliphatic rings. The first kappa shape index (κ1) is 39.8. The van der Waals surface area contributed by atoms with Crippen molar-refractivity contribution >= 4 is 51.7 Å². The molecule has 0 aliphatic carbocycles. The van der Waals surface area contributed by atoms with E-state index in [1.54, 1.807) is 21.3 Å². The molecule has 8 rings (SSSR count). The lowest BCUT2D eigenvalue weighted by atomic mass is 9.86. The summed E-state index contributed by atoms with van der Waals surface area (Å²) in [6.45, 7) is 5.84. The lowest BCUT2D eigenvalue weighted by Gasteiger charge is -2.40. The van der Waals surface area contributed by atoms with E-state index in [1.165, 1.54) is 18.2 Å². The fourth-order valence-corrected chi connectivity index (χ4v) is 8.44. The molecule has 1 unspecified atom stereocenters. The molecule has 3 fully saturated rings. The number of benzene rings is 1. The zero-order chi connectivity index (χ0) is 41.6. The average molecular weight is 812 g/mol. The summed E-state index contributed by atoms with van der Waals surface area (Å²) in [6.07, 6.45) is 3.42. The van der Waals surface area contributed by atoms with Crippen molar-refractivity contribution in [2.24, 2.45) is 7.05 Å². The van der Waals surface area contributed by atoms with Gasteiger partial charge in [-0.1, -0.05) is 6.07 Å². The highest BCUT2D eigenvalue weighted by Gasteiger charge is 2.38. The molecule has 4 amide bonds. The third-order valence-electron chi connectivity index (χ3n) is 11.7. The van der Waals surface area contributed by atoms with Gasteiger partial charge in [0, 0.05) is 75.1 Å². The molecule has 0 radical (unpaired) electrons. The summed E-state index contributed by atoms with van der Waals surface area (Å²) in [5, 5.41) is 22.1. The van der Waals surface area contributed by atoms with Gasteiger partial charge in [-0.3, -0.25) is 29.2 Å². The number of halogens is 2. The van der Waals surface area contributed by atoms with Gasteiger partial charge < -0.3 is 29.4 Å². The van der Waals surface area contributed by atoms with Crippen LogP contribution in [-0.2, 0) is 21.4 Å². The van der Waals surface area contributed by atoms with Crippen molar-refractivity contribution in [3.8, 4) is 5.75 Å². The van der Waals surface area contributed by atoms with E-state index in [2.05, 4.69) is 25.6 Å². The molecular formula is C42H47F2N9O6. The SMILES string of the molecule is CC(C)Oc1cc2nc(C3CCN(C(=O)CC4(O)CCN(c5ccc6c(C7CCC(=O)NC7=O)nn(C)c6c5)CC4)CC3)cn2cc1C(=O)Nc1cccc(C(F)F)n1. The van der Waals surface area contributed by atoms with E-state index in [0.29, 0.717) is 75.4 Å². The number of nitrogens with one attached hydrogen (secondary N) is 2. The van der Waals surface area contributed by atoms with Crippen LogP contribution < -0.4 is 20.3 Å². The van der Waals surface area contributed by atoms with Gasteiger partial charge in [-0.25, -0.2) is 18.7 Å². The van der Waals surface area contributed by atoms with Crippen LogP contribution in [0.25, 0.3) is 16.6 Å². The minimum absolute atomic E-state index is 0.00261. The zero-order valence-corrected chi connectivity index (χ0v) is 33.2. The number of fused-ring (bicyclic) bond motifs is 2. The number of imide groups is 1. The highest BCUT2D eigenvalue weighted by molar-refractivity contribution is 6.06. The van der Waals surface area contributed by atoms with E-state index in [-0.39, 0.29) is 54.0 Å². The first-order valence-corrected chi connectivity index (χ1v) is 20.0. The third kappa shape index (κ3) is 8.33. The zero-order valence-electron chi connectivity index (χ0n) is 33.2. The molecule has 59 heavy (non-hydrogen) atoms. The van der Waals surface area contributed by atoms with Gasteiger partial charge in [-0.05, 0) is 76.3 Å². The molecule has 1 atom stereocenters. The average Bonchev–Trinajstić information content (AvgIpc) is 3.77. The van der Waals surface area contributed by atoms with Crippen molar-refractivity contribution in [1.82, 2.24) is 34.4 Å². The number of carbonyl (C=O) groups excluding carboxylic acids is 4. The fourth-order valence-electron chi connectivity index (χ4n) is 8.44. The monoisotopic (exact) mass is 811 g/mol. The summed E-state index contributed by atoms with van der Waals surface area (Å²) in [7, 11) is 1.84. The van der Waals surface area contributed by atoms with Gasteiger partial charge in [-0.15, -0.1) is 0 Å². The van der Waals surface area contributed by atoms with Gasteiger partial charge in [0.1, 0.15) is 22.9 Å². The lowest BCUT2D eigenvalue weighted by Crippen LogP contribution is -2.48. The van der Waals surface area contributed by atoms with Crippen LogP contribution in [-0.4, -0.2) is 95.7 Å². The van der Waals surface area contributed by atoms with Gasteiger partial charge in [-0.2, -0.15) is 5.10 Å². The lowest BCUT2D eigenvalue weighted by molar-refractivity contribution is -0.138. The first-order valence-electron chi connectivity index (χ1n) is 20.0. The second-order valence-electron chi connectivity index (χ2n) is 16.1. The number of amides is 4. The number of aromatic nitrogens is 5. The predicted molar refractivity (Wildman–Crippen MR) is 214 cm³/mol. The largest absolute Gasteiger partial charge is 0.490 e. The molecule has 1 aromatic carbocycles. The topological polar surface area (TPSA) is 176 Å². The van der Waals surface area contributed by atoms with E-state index < -0.39 is 29.5 Å². The number of likely N-dealkylation sites (tertiary alicyclic amines) is 1. The number of carbonyl (C=O) groups is 4. The normalized spacial score (nSPS) is 18.9. The van der Waals surface area contributed by atoms with Crippen LogP contribution in [0.1, 0.15) is 104 Å². The van der Waals surface area contributed by atoms with Crippen molar-refractivity contribution in [2.75, 3.05) is 36.4 Å². The van der Waals surface area contributed by atoms with Crippen LogP contribution in [0.4, 0.5) is 20.3 Å². The number of imidazole rings is 1. The number of pyridine rings is 2. The van der Waals surface area contributed by atoms with Crippen LogP contribution in [0.15, 0.2) is 54.9 Å². The molecule has 0 spiro atoms. The summed E-state index contributed by atoms with van der Waals surface area (Å²) < 4.78 is 35.9. The second kappa shape index (κ2) is 16.0. The highest BCUT2D eigenvalue weighted by atomic mass is 19.3. The Morgan fingerprint density at radius 1 is 1.02 bits per heavy atom. The minimum atomic E-state index is -2.78. The third-order valence-corrected chi connectivity index (χ3v) is 11.7. The number of alkyl halides is 2. The quantitative estimate of drug-likeness (QED) is 0.158. The van der Waals surface area contributed by atoms with E-state index in [0.717, 1.165) is 22.3 Å². The van der Waals surface area contributed by atoms with Gasteiger partial charge >= 0.3 is 0 Å². The molecule has 3 saturated heterocycles. The Labute approximate surface area is 338 Å². The number of ether oxygens (including phenoxy) is 1. The van der Waals surface area contributed by atoms with Crippen LogP contribution in [0.2, 0.25) is 0 Å². The summed E-state index contributed by atoms with van der Waals surface area (Å²) in [6, 6.07) is 11.7. The van der Waals surface area contributed by atoms with Gasteiger partial charge in [0.2, 0.25) is 17.7 Å². The summed E-state index contributed by atoms with van der Waals surface area (Å²) in [5.41, 5.74) is 2.53. The Morgan fingerprint density at radius 2 is 1.78 bits per heavy atom. The number of aliphatic hydroxyl groups is 1. The van der Waals surface area contributed by atoms with Crippen LogP contribution in [0, 0.1) is 0 Å². The van der Waals surface area contributed by atoms with Crippen molar-refractivity contribution in [1.29, 1.82) is 0 Å². The maximum atomic E-state index is 13.6. The molecule has 3 aliphatic heterocycles. The highest BCUT2D eigenvalue weighted by Crippen LogP contribution is 2.36. The van der Waals surface area contributed by atoms with E-state index >= 15 is 0 Å². The molecule has 3 N–H and O–H groups in total. The molecular weight excluding hydrogens is 765 g/mol. The Hall–Kier alpha value is -5.97. The summed E-state index contributed by atoms with van der Waals surface area (Å²) in [5.74, 6) is -1.35. The Morgan fingerprint density at radius 3 is 2.49 bits per heavy atom. The Kier molecular flexibility index (Phi) is 10.8. The fraction of sp³-hybridized carbons (Fsp3) is 0.452.